The van der Waals surface area contributed by atoms with Crippen LogP contribution in [0.1, 0.15) is 19.4 Å². The molecular formula is C22H23F2NO6. The summed E-state index contributed by atoms with van der Waals surface area (Å²) in [6.07, 6.45) is 1.47. The van der Waals surface area contributed by atoms with E-state index in [1.807, 2.05) is 6.92 Å². The van der Waals surface area contributed by atoms with Crippen molar-refractivity contribution in [3.05, 3.63) is 54.1 Å². The molecule has 2 rings (SSSR count). The molecule has 1 atom stereocenters. The molecule has 9 heteroatoms. The molecule has 1 N–H and O–H groups in total. The number of benzene rings is 2. The fourth-order valence-electron chi connectivity index (χ4n) is 2.46. The van der Waals surface area contributed by atoms with E-state index in [2.05, 4.69) is 10.1 Å². The second-order valence-electron chi connectivity index (χ2n) is 6.15. The first kappa shape index (κ1) is 23.7. The van der Waals surface area contributed by atoms with Crippen LogP contribution < -0.4 is 19.5 Å². The van der Waals surface area contributed by atoms with Gasteiger partial charge < -0.3 is 24.3 Å². The van der Waals surface area contributed by atoms with Crippen LogP contribution in [0.5, 0.6) is 17.2 Å². The molecule has 0 aromatic heterocycles. The lowest BCUT2D eigenvalue weighted by Gasteiger charge is -2.13. The van der Waals surface area contributed by atoms with Crippen molar-refractivity contribution in [3.63, 3.8) is 0 Å². The van der Waals surface area contributed by atoms with E-state index in [1.54, 1.807) is 24.3 Å². The minimum atomic E-state index is -2.99. The number of alkyl halides is 2. The number of hydrogen-bond acceptors (Lipinski definition) is 6. The summed E-state index contributed by atoms with van der Waals surface area (Å²) in [5.41, 5.74) is 1.02. The first-order chi connectivity index (χ1) is 14.8. The Hall–Kier alpha value is -3.62. The Morgan fingerprint density at radius 3 is 2.42 bits per heavy atom. The Labute approximate surface area is 178 Å². The van der Waals surface area contributed by atoms with E-state index >= 15 is 0 Å². The molecule has 0 aliphatic rings. The molecule has 0 saturated carbocycles. The second-order valence-corrected chi connectivity index (χ2v) is 6.15. The molecule has 7 nitrogen and oxygen atoms in total. The predicted octanol–water partition coefficient (Wildman–Crippen LogP) is 4.28. The van der Waals surface area contributed by atoms with Crippen molar-refractivity contribution >= 4 is 23.6 Å². The fraction of sp³-hybridized carbons (Fsp3) is 0.273. The fourth-order valence-corrected chi connectivity index (χ4v) is 2.46. The summed E-state index contributed by atoms with van der Waals surface area (Å²) in [6, 6.07) is 11.0. The smallest absolute Gasteiger partial charge is 0.387 e. The van der Waals surface area contributed by atoms with Gasteiger partial charge in [-0.05, 0) is 61.9 Å². The van der Waals surface area contributed by atoms with E-state index in [0.29, 0.717) is 23.6 Å². The number of carbonyl (C=O) groups excluding carboxylic acids is 2. The predicted molar refractivity (Wildman–Crippen MR) is 110 cm³/mol. The highest BCUT2D eigenvalue weighted by atomic mass is 19.3. The van der Waals surface area contributed by atoms with Gasteiger partial charge in [0.25, 0.3) is 5.91 Å². The molecule has 0 aliphatic heterocycles. The SMILES string of the molecule is CCOc1ccc(NC(=O)C(C)OC(=O)/C=C/c2ccc(OC(F)F)c(OC)c2)cc1. The number of rotatable bonds is 10. The average molecular weight is 435 g/mol. The zero-order valence-corrected chi connectivity index (χ0v) is 17.3. The zero-order chi connectivity index (χ0) is 22.8. The normalized spacial score (nSPS) is 11.8. The third-order valence-electron chi connectivity index (χ3n) is 3.91. The molecule has 0 fully saturated rings. The van der Waals surface area contributed by atoms with Gasteiger partial charge in [-0.1, -0.05) is 6.07 Å². The van der Waals surface area contributed by atoms with Gasteiger partial charge in [0.1, 0.15) is 5.75 Å². The van der Waals surface area contributed by atoms with Crippen molar-refractivity contribution < 1.29 is 37.3 Å². The molecule has 1 amide bonds. The van der Waals surface area contributed by atoms with Crippen molar-refractivity contribution in [2.24, 2.45) is 0 Å². The third-order valence-corrected chi connectivity index (χ3v) is 3.91. The van der Waals surface area contributed by atoms with Gasteiger partial charge >= 0.3 is 12.6 Å². The number of ether oxygens (including phenoxy) is 4. The van der Waals surface area contributed by atoms with Crippen molar-refractivity contribution in [2.45, 2.75) is 26.6 Å². The van der Waals surface area contributed by atoms with E-state index in [0.717, 1.165) is 6.08 Å². The van der Waals surface area contributed by atoms with Crippen LogP contribution in [0, 0.1) is 0 Å². The first-order valence-electron chi connectivity index (χ1n) is 9.37. The maximum atomic E-state index is 12.4. The molecular weight excluding hydrogens is 412 g/mol. The molecule has 0 bridgehead atoms. The van der Waals surface area contributed by atoms with Crippen LogP contribution in [0.4, 0.5) is 14.5 Å². The monoisotopic (exact) mass is 435 g/mol. The standard InChI is InChI=1S/C22H23F2NO6/c1-4-29-17-9-7-16(8-10-17)25-21(27)14(2)30-20(26)12-6-15-5-11-18(31-22(23)24)19(13-15)28-3/h5-14,22H,4H2,1-3H3,(H,25,27)/b12-6+. The van der Waals surface area contributed by atoms with Crippen LogP contribution in [0.15, 0.2) is 48.5 Å². The summed E-state index contributed by atoms with van der Waals surface area (Å²) in [5.74, 6) is -0.617. The van der Waals surface area contributed by atoms with Gasteiger partial charge in [0.2, 0.25) is 0 Å². The molecule has 0 saturated heterocycles. The van der Waals surface area contributed by atoms with Crippen LogP contribution in [0.3, 0.4) is 0 Å². The number of halogens is 2. The maximum absolute atomic E-state index is 12.4. The topological polar surface area (TPSA) is 83.1 Å². The van der Waals surface area contributed by atoms with Gasteiger partial charge in [-0.15, -0.1) is 0 Å². The van der Waals surface area contributed by atoms with Gasteiger partial charge in [0.05, 0.1) is 13.7 Å². The molecule has 2 aromatic carbocycles. The minimum absolute atomic E-state index is 0.0823. The Bertz CT molecular complexity index is 915. The lowest BCUT2D eigenvalue weighted by atomic mass is 10.2. The highest BCUT2D eigenvalue weighted by Gasteiger charge is 2.17. The minimum Gasteiger partial charge on any atom is -0.494 e. The molecule has 1 unspecified atom stereocenters. The third kappa shape index (κ3) is 7.61. The van der Waals surface area contributed by atoms with E-state index in [-0.39, 0.29) is 11.5 Å². The second kappa shape index (κ2) is 11.5. The highest BCUT2D eigenvalue weighted by Crippen LogP contribution is 2.29. The molecule has 0 aliphatic carbocycles. The van der Waals surface area contributed by atoms with Crippen molar-refractivity contribution in [2.75, 3.05) is 19.0 Å². The van der Waals surface area contributed by atoms with E-state index in [1.165, 1.54) is 38.3 Å². The van der Waals surface area contributed by atoms with Gasteiger partial charge in [-0.2, -0.15) is 8.78 Å². The Morgan fingerprint density at radius 1 is 1.10 bits per heavy atom. The average Bonchev–Trinajstić information content (AvgIpc) is 2.74. The lowest BCUT2D eigenvalue weighted by molar-refractivity contribution is -0.148. The number of esters is 1. The van der Waals surface area contributed by atoms with E-state index < -0.39 is 24.6 Å². The summed E-state index contributed by atoms with van der Waals surface area (Å²) < 4.78 is 44.5. The van der Waals surface area contributed by atoms with Gasteiger partial charge in [-0.25, -0.2) is 4.79 Å². The molecule has 0 spiro atoms. The Balaban J connectivity index is 1.92. The summed E-state index contributed by atoms with van der Waals surface area (Å²) in [5, 5.41) is 2.64. The molecule has 0 heterocycles. The van der Waals surface area contributed by atoms with Gasteiger partial charge in [0.15, 0.2) is 17.6 Å². The molecule has 2 aromatic rings. The number of methoxy groups -OCH3 is 1. The first-order valence-corrected chi connectivity index (χ1v) is 9.37. The van der Waals surface area contributed by atoms with Crippen molar-refractivity contribution in [1.29, 1.82) is 0 Å². The number of amides is 1. The number of hydrogen-bond donors (Lipinski definition) is 1. The zero-order valence-electron chi connectivity index (χ0n) is 17.3. The highest BCUT2D eigenvalue weighted by molar-refractivity contribution is 5.96. The number of anilines is 1. The van der Waals surface area contributed by atoms with Crippen LogP contribution in [0.2, 0.25) is 0 Å². The van der Waals surface area contributed by atoms with Crippen LogP contribution in [-0.4, -0.2) is 38.3 Å². The number of carbonyl (C=O) groups is 2. The summed E-state index contributed by atoms with van der Waals surface area (Å²) >= 11 is 0. The molecule has 166 valence electrons. The number of nitrogens with one attached hydrogen (secondary N) is 1. The summed E-state index contributed by atoms with van der Waals surface area (Å²) in [4.78, 5) is 24.2. The van der Waals surface area contributed by atoms with E-state index in [4.69, 9.17) is 14.2 Å². The quantitative estimate of drug-likeness (QED) is 0.443. The van der Waals surface area contributed by atoms with E-state index in [9.17, 15) is 18.4 Å². The van der Waals surface area contributed by atoms with Crippen LogP contribution in [-0.2, 0) is 14.3 Å². The molecule has 0 radical (unpaired) electrons. The lowest BCUT2D eigenvalue weighted by Crippen LogP contribution is -2.29. The van der Waals surface area contributed by atoms with Crippen molar-refractivity contribution in [3.8, 4) is 17.2 Å². The summed E-state index contributed by atoms with van der Waals surface area (Å²) in [7, 11) is 1.31. The van der Waals surface area contributed by atoms with Gasteiger partial charge in [-0.3, -0.25) is 4.79 Å². The van der Waals surface area contributed by atoms with Crippen LogP contribution in [0.25, 0.3) is 6.08 Å². The molecule has 31 heavy (non-hydrogen) atoms. The Morgan fingerprint density at radius 2 is 1.81 bits per heavy atom. The largest absolute Gasteiger partial charge is 0.494 e. The van der Waals surface area contributed by atoms with Crippen molar-refractivity contribution in [1.82, 2.24) is 0 Å². The van der Waals surface area contributed by atoms with Crippen LogP contribution >= 0.6 is 0 Å². The summed E-state index contributed by atoms with van der Waals surface area (Å²) in [6.45, 7) is 0.857. The maximum Gasteiger partial charge on any atom is 0.387 e. The van der Waals surface area contributed by atoms with Gasteiger partial charge in [0, 0.05) is 11.8 Å². The Kier molecular flexibility index (Phi) is 8.80.